The van der Waals surface area contributed by atoms with Crippen LogP contribution in [0.15, 0.2) is 48.5 Å². The Labute approximate surface area is 111 Å². The number of ether oxygens (including phenoxy) is 1. The lowest BCUT2D eigenvalue weighted by atomic mass is 10.0. The van der Waals surface area contributed by atoms with E-state index in [-0.39, 0.29) is 5.97 Å². The molecule has 0 aliphatic rings. The van der Waals surface area contributed by atoms with Gasteiger partial charge >= 0.3 is 5.97 Å². The Kier molecular flexibility index (Phi) is 4.00. The van der Waals surface area contributed by atoms with Crippen molar-refractivity contribution >= 4 is 17.6 Å². The average Bonchev–Trinajstić information content (AvgIpc) is 2.39. The molecule has 2 rings (SSSR count). The molecule has 3 heteroatoms. The summed E-state index contributed by atoms with van der Waals surface area (Å²) in [6, 6.07) is 15.5. The summed E-state index contributed by atoms with van der Waals surface area (Å²) < 4.78 is 4.63. The predicted octanol–water partition coefficient (Wildman–Crippen LogP) is 3.72. The summed E-state index contributed by atoms with van der Waals surface area (Å²) in [6.45, 7) is 0. The van der Waals surface area contributed by atoms with Crippen LogP contribution in [0.5, 0.6) is 0 Å². The summed E-state index contributed by atoms with van der Waals surface area (Å²) in [6.07, 6.45) is 0.298. The lowest BCUT2D eigenvalue weighted by molar-refractivity contribution is -0.139. The van der Waals surface area contributed by atoms with Crippen LogP contribution in [0.1, 0.15) is 5.56 Å². The smallest absolute Gasteiger partial charge is 0.309 e. The zero-order valence-corrected chi connectivity index (χ0v) is 10.8. The molecule has 0 aliphatic heterocycles. The van der Waals surface area contributed by atoms with Crippen molar-refractivity contribution in [2.75, 3.05) is 7.11 Å². The van der Waals surface area contributed by atoms with Crippen LogP contribution in [0.25, 0.3) is 11.1 Å². The molecule has 0 saturated heterocycles. The van der Waals surface area contributed by atoms with Crippen LogP contribution in [-0.4, -0.2) is 13.1 Å². The number of hydrogen-bond acceptors (Lipinski definition) is 2. The molecule has 2 aromatic carbocycles. The first-order valence-corrected chi connectivity index (χ1v) is 5.98. The fraction of sp³-hybridized carbons (Fsp3) is 0.133. The van der Waals surface area contributed by atoms with Gasteiger partial charge in [-0.15, -0.1) is 0 Å². The third-order valence-corrected chi connectivity index (χ3v) is 2.92. The molecule has 0 heterocycles. The molecule has 0 unspecified atom stereocenters. The summed E-state index contributed by atoms with van der Waals surface area (Å²) in [5.41, 5.74) is 3.07. The minimum absolute atomic E-state index is 0.231. The molecule has 0 atom stereocenters. The molecule has 0 saturated carbocycles. The van der Waals surface area contributed by atoms with Crippen LogP contribution in [0.2, 0.25) is 5.02 Å². The fourth-order valence-electron chi connectivity index (χ4n) is 1.72. The van der Waals surface area contributed by atoms with Gasteiger partial charge in [-0.1, -0.05) is 48.0 Å². The van der Waals surface area contributed by atoms with Gasteiger partial charge in [-0.2, -0.15) is 0 Å². The quantitative estimate of drug-likeness (QED) is 0.786. The maximum Gasteiger partial charge on any atom is 0.309 e. The molecule has 0 fully saturated rings. The monoisotopic (exact) mass is 260 g/mol. The molecule has 92 valence electrons. The molecule has 0 spiro atoms. The molecule has 0 bridgehead atoms. The lowest BCUT2D eigenvalue weighted by Gasteiger charge is -2.04. The number of halogens is 1. The van der Waals surface area contributed by atoms with Gasteiger partial charge in [0.15, 0.2) is 0 Å². The maximum atomic E-state index is 11.1. The van der Waals surface area contributed by atoms with E-state index in [9.17, 15) is 4.79 Å². The van der Waals surface area contributed by atoms with Gasteiger partial charge in [-0.3, -0.25) is 4.79 Å². The highest BCUT2D eigenvalue weighted by Gasteiger charge is 2.03. The second-order valence-corrected chi connectivity index (χ2v) is 4.40. The Morgan fingerprint density at radius 1 is 1.11 bits per heavy atom. The molecule has 0 N–H and O–H groups in total. The van der Waals surface area contributed by atoms with E-state index >= 15 is 0 Å². The van der Waals surface area contributed by atoms with Crippen molar-refractivity contribution in [2.45, 2.75) is 6.42 Å². The fourth-order valence-corrected chi connectivity index (χ4v) is 1.91. The second kappa shape index (κ2) is 5.69. The highest BCUT2D eigenvalue weighted by atomic mass is 35.5. The van der Waals surface area contributed by atoms with Crippen LogP contribution in [-0.2, 0) is 16.0 Å². The average molecular weight is 261 g/mol. The van der Waals surface area contributed by atoms with E-state index in [2.05, 4.69) is 4.74 Å². The molecule has 0 amide bonds. The predicted molar refractivity (Wildman–Crippen MR) is 72.6 cm³/mol. The summed E-state index contributed by atoms with van der Waals surface area (Å²) in [5, 5.41) is 0.714. The summed E-state index contributed by atoms with van der Waals surface area (Å²) in [7, 11) is 1.39. The summed E-state index contributed by atoms with van der Waals surface area (Å²) in [5.74, 6) is -0.231. The van der Waals surface area contributed by atoms with Crippen LogP contribution in [0.4, 0.5) is 0 Å². The molecule has 2 nitrogen and oxygen atoms in total. The Balaban J connectivity index is 2.19. The standard InChI is InChI=1S/C15H13ClO2/c1-18-15(17)9-11-5-7-12(8-6-11)13-3-2-4-14(16)10-13/h2-8,10H,9H2,1H3. The maximum absolute atomic E-state index is 11.1. The number of esters is 1. The van der Waals surface area contributed by atoms with Gasteiger partial charge in [-0.25, -0.2) is 0 Å². The van der Waals surface area contributed by atoms with Crippen LogP contribution >= 0.6 is 11.6 Å². The Hall–Kier alpha value is -1.80. The van der Waals surface area contributed by atoms with Gasteiger partial charge in [0.25, 0.3) is 0 Å². The van der Waals surface area contributed by atoms with Gasteiger partial charge in [0, 0.05) is 5.02 Å². The first-order chi connectivity index (χ1) is 8.69. The highest BCUT2D eigenvalue weighted by Crippen LogP contribution is 2.23. The van der Waals surface area contributed by atoms with E-state index in [0.717, 1.165) is 16.7 Å². The number of methoxy groups -OCH3 is 1. The minimum atomic E-state index is -0.231. The third-order valence-electron chi connectivity index (χ3n) is 2.69. The number of carbonyl (C=O) groups excluding carboxylic acids is 1. The van der Waals surface area contributed by atoms with Gasteiger partial charge < -0.3 is 4.74 Å². The normalized spacial score (nSPS) is 10.1. The van der Waals surface area contributed by atoms with Gasteiger partial charge in [-0.05, 0) is 28.8 Å². The zero-order valence-electron chi connectivity index (χ0n) is 10.0. The number of hydrogen-bond donors (Lipinski definition) is 0. The number of carbonyl (C=O) groups is 1. The van der Waals surface area contributed by atoms with Crippen molar-refractivity contribution < 1.29 is 9.53 Å². The van der Waals surface area contributed by atoms with E-state index in [1.54, 1.807) is 0 Å². The summed E-state index contributed by atoms with van der Waals surface area (Å²) >= 11 is 5.95. The van der Waals surface area contributed by atoms with E-state index in [1.165, 1.54) is 7.11 Å². The van der Waals surface area contributed by atoms with E-state index in [1.807, 2.05) is 48.5 Å². The molecule has 0 aliphatic carbocycles. The molecule has 18 heavy (non-hydrogen) atoms. The Morgan fingerprint density at radius 3 is 2.44 bits per heavy atom. The first-order valence-electron chi connectivity index (χ1n) is 5.61. The van der Waals surface area contributed by atoms with Crippen molar-refractivity contribution in [3.05, 3.63) is 59.1 Å². The zero-order chi connectivity index (χ0) is 13.0. The van der Waals surface area contributed by atoms with Crippen molar-refractivity contribution in [2.24, 2.45) is 0 Å². The van der Waals surface area contributed by atoms with Crippen molar-refractivity contribution in [3.8, 4) is 11.1 Å². The minimum Gasteiger partial charge on any atom is -0.469 e. The topological polar surface area (TPSA) is 26.3 Å². The van der Waals surface area contributed by atoms with Crippen LogP contribution < -0.4 is 0 Å². The van der Waals surface area contributed by atoms with Gasteiger partial charge in [0.1, 0.15) is 0 Å². The molecule has 2 aromatic rings. The van der Waals surface area contributed by atoms with Gasteiger partial charge in [0.05, 0.1) is 13.5 Å². The van der Waals surface area contributed by atoms with Crippen molar-refractivity contribution in [1.82, 2.24) is 0 Å². The highest BCUT2D eigenvalue weighted by molar-refractivity contribution is 6.30. The number of rotatable bonds is 3. The van der Waals surface area contributed by atoms with E-state index < -0.39 is 0 Å². The van der Waals surface area contributed by atoms with Crippen LogP contribution in [0.3, 0.4) is 0 Å². The van der Waals surface area contributed by atoms with Crippen LogP contribution in [0, 0.1) is 0 Å². The van der Waals surface area contributed by atoms with Crippen molar-refractivity contribution in [3.63, 3.8) is 0 Å². The molecule has 0 aromatic heterocycles. The Bertz CT molecular complexity index is 547. The van der Waals surface area contributed by atoms with Gasteiger partial charge in [0.2, 0.25) is 0 Å². The Morgan fingerprint density at radius 2 is 1.83 bits per heavy atom. The molecular weight excluding hydrogens is 248 g/mol. The summed E-state index contributed by atoms with van der Waals surface area (Å²) in [4.78, 5) is 11.1. The largest absolute Gasteiger partial charge is 0.469 e. The van der Waals surface area contributed by atoms with Crippen molar-refractivity contribution in [1.29, 1.82) is 0 Å². The SMILES string of the molecule is COC(=O)Cc1ccc(-c2cccc(Cl)c2)cc1. The third kappa shape index (κ3) is 3.11. The lowest BCUT2D eigenvalue weighted by Crippen LogP contribution is -2.03. The molecular formula is C15H13ClO2. The van der Waals surface area contributed by atoms with E-state index in [0.29, 0.717) is 11.4 Å². The van der Waals surface area contributed by atoms with E-state index in [4.69, 9.17) is 11.6 Å². The first kappa shape index (κ1) is 12.7. The molecule has 0 radical (unpaired) electrons. The second-order valence-electron chi connectivity index (χ2n) is 3.96. The number of benzene rings is 2.